The molecule has 0 spiro atoms. The highest BCUT2D eigenvalue weighted by atomic mass is 19.4. The number of likely N-dealkylation sites (tertiary alicyclic amines) is 1. The Morgan fingerprint density at radius 1 is 1.11 bits per heavy atom. The Kier molecular flexibility index (Phi) is 8.40. The van der Waals surface area contributed by atoms with E-state index in [0.29, 0.717) is 11.3 Å². The number of hydrogen-bond donors (Lipinski definition) is 4. The number of carbonyl (C=O) groups is 2. The summed E-state index contributed by atoms with van der Waals surface area (Å²) >= 11 is 0. The van der Waals surface area contributed by atoms with Gasteiger partial charge in [-0.15, -0.1) is 0 Å². The summed E-state index contributed by atoms with van der Waals surface area (Å²) in [6.45, 7) is 4.87. The van der Waals surface area contributed by atoms with E-state index in [9.17, 15) is 22.8 Å². The molecule has 1 saturated heterocycles. The van der Waals surface area contributed by atoms with Gasteiger partial charge >= 0.3 is 6.18 Å². The van der Waals surface area contributed by atoms with Gasteiger partial charge in [0.1, 0.15) is 5.54 Å². The molecule has 0 saturated carbocycles. The number of nitrogens with zero attached hydrogens (tertiary/aromatic N) is 1. The molecule has 1 aliphatic heterocycles. The van der Waals surface area contributed by atoms with E-state index in [2.05, 4.69) is 29.1 Å². The minimum atomic E-state index is -4.32. The SMILES string of the molecule is C=C(Nc1ccccc1C)C(=O)NC1(C#Cc2ccc(C(=O)NO)cc2)CCN(CC(F)(F)F)CC1. The Morgan fingerprint density at radius 3 is 2.33 bits per heavy atom. The Morgan fingerprint density at radius 2 is 1.75 bits per heavy atom. The average molecular weight is 501 g/mol. The number of alkyl halides is 3. The van der Waals surface area contributed by atoms with Crippen LogP contribution in [0.1, 0.15) is 34.3 Å². The summed E-state index contributed by atoms with van der Waals surface area (Å²) in [5, 5.41) is 14.6. The Hall–Kier alpha value is -3.81. The van der Waals surface area contributed by atoms with Crippen LogP contribution in [0, 0.1) is 18.8 Å². The van der Waals surface area contributed by atoms with Crippen LogP contribution in [0.5, 0.6) is 0 Å². The third-order valence-corrected chi connectivity index (χ3v) is 5.86. The van der Waals surface area contributed by atoms with Crippen molar-refractivity contribution in [2.45, 2.75) is 31.5 Å². The maximum atomic E-state index is 13.0. The number of nitrogens with one attached hydrogen (secondary N) is 3. The second-order valence-electron chi connectivity index (χ2n) is 8.61. The number of hydroxylamine groups is 1. The number of hydrogen-bond acceptors (Lipinski definition) is 5. The van der Waals surface area contributed by atoms with Crippen LogP contribution in [0.4, 0.5) is 18.9 Å². The molecule has 3 rings (SSSR count). The lowest BCUT2D eigenvalue weighted by atomic mass is 9.87. The van der Waals surface area contributed by atoms with Crippen LogP contribution in [0.25, 0.3) is 0 Å². The number of halogens is 3. The van der Waals surface area contributed by atoms with Gasteiger partial charge in [-0.3, -0.25) is 19.7 Å². The number of para-hydroxylation sites is 1. The van der Waals surface area contributed by atoms with Gasteiger partial charge < -0.3 is 10.6 Å². The maximum absolute atomic E-state index is 13.0. The van der Waals surface area contributed by atoms with E-state index < -0.39 is 30.1 Å². The zero-order valence-electron chi connectivity index (χ0n) is 19.7. The number of carbonyl (C=O) groups excluding carboxylic acids is 2. The molecule has 7 nitrogen and oxygen atoms in total. The highest BCUT2D eigenvalue weighted by molar-refractivity contribution is 5.96. The maximum Gasteiger partial charge on any atom is 0.401 e. The third-order valence-electron chi connectivity index (χ3n) is 5.86. The summed E-state index contributed by atoms with van der Waals surface area (Å²) in [6.07, 6.45) is -3.95. The molecule has 0 aliphatic carbocycles. The Balaban J connectivity index is 1.79. The summed E-state index contributed by atoms with van der Waals surface area (Å²) in [4.78, 5) is 25.8. The van der Waals surface area contributed by atoms with E-state index >= 15 is 0 Å². The minimum absolute atomic E-state index is 0.0857. The quantitative estimate of drug-likeness (QED) is 0.211. The van der Waals surface area contributed by atoms with Crippen LogP contribution in [0.3, 0.4) is 0 Å². The molecule has 2 aromatic carbocycles. The van der Waals surface area contributed by atoms with Crippen LogP contribution >= 0.6 is 0 Å². The van der Waals surface area contributed by atoms with E-state index in [0.717, 1.165) is 5.56 Å². The van der Waals surface area contributed by atoms with Crippen molar-refractivity contribution in [3.05, 3.63) is 77.5 Å². The number of benzene rings is 2. The molecule has 0 aromatic heterocycles. The summed E-state index contributed by atoms with van der Waals surface area (Å²) in [6, 6.07) is 13.5. The van der Waals surface area contributed by atoms with Crippen molar-refractivity contribution < 1.29 is 28.0 Å². The first-order valence-corrected chi connectivity index (χ1v) is 11.2. The van der Waals surface area contributed by atoms with Gasteiger partial charge in [-0.25, -0.2) is 5.48 Å². The summed E-state index contributed by atoms with van der Waals surface area (Å²) in [5.41, 5.74) is 2.95. The van der Waals surface area contributed by atoms with Crippen molar-refractivity contribution in [3.63, 3.8) is 0 Å². The molecule has 190 valence electrons. The topological polar surface area (TPSA) is 93.7 Å². The van der Waals surface area contributed by atoms with Crippen molar-refractivity contribution in [2.24, 2.45) is 0 Å². The summed E-state index contributed by atoms with van der Waals surface area (Å²) in [5.74, 6) is 4.83. The summed E-state index contributed by atoms with van der Waals surface area (Å²) in [7, 11) is 0. The molecule has 2 aromatic rings. The number of rotatable bonds is 6. The lowest BCUT2D eigenvalue weighted by Crippen LogP contribution is -2.56. The molecule has 2 amide bonds. The number of aryl methyl sites for hydroxylation is 1. The highest BCUT2D eigenvalue weighted by Gasteiger charge is 2.39. The van der Waals surface area contributed by atoms with Crippen molar-refractivity contribution >= 4 is 17.5 Å². The van der Waals surface area contributed by atoms with E-state index in [4.69, 9.17) is 5.21 Å². The molecule has 1 aliphatic rings. The second-order valence-corrected chi connectivity index (χ2v) is 8.61. The molecule has 0 atom stereocenters. The molecule has 0 bridgehead atoms. The lowest BCUT2D eigenvalue weighted by Gasteiger charge is -2.39. The van der Waals surface area contributed by atoms with Gasteiger partial charge in [0.25, 0.3) is 11.8 Å². The zero-order valence-corrected chi connectivity index (χ0v) is 19.7. The lowest BCUT2D eigenvalue weighted by molar-refractivity contribution is -0.149. The first kappa shape index (κ1) is 26.8. The van der Waals surface area contributed by atoms with Crippen LogP contribution in [-0.4, -0.2) is 53.3 Å². The summed E-state index contributed by atoms with van der Waals surface area (Å²) < 4.78 is 38.6. The Labute approximate surface area is 207 Å². The predicted molar refractivity (Wildman–Crippen MR) is 129 cm³/mol. The second kappa shape index (κ2) is 11.3. The monoisotopic (exact) mass is 500 g/mol. The van der Waals surface area contributed by atoms with Crippen molar-refractivity contribution in [2.75, 3.05) is 25.0 Å². The first-order chi connectivity index (χ1) is 17.0. The standard InChI is InChI=1S/C26H27F3N4O3/c1-18-5-3-4-6-22(18)30-19(2)23(34)31-25(13-15-33(16-14-25)17-26(27,28)29)12-11-20-7-9-21(10-8-20)24(35)32-36/h3-10,30,36H,2,13-17H2,1H3,(H,31,34)(H,32,35). The molecule has 0 unspecified atom stereocenters. The molecule has 36 heavy (non-hydrogen) atoms. The van der Waals surface area contributed by atoms with Gasteiger partial charge in [0.15, 0.2) is 0 Å². The van der Waals surface area contributed by atoms with Crippen LogP contribution in [0.2, 0.25) is 0 Å². The fourth-order valence-electron chi connectivity index (χ4n) is 3.81. The van der Waals surface area contributed by atoms with Gasteiger partial charge in [-0.1, -0.05) is 36.6 Å². The van der Waals surface area contributed by atoms with Gasteiger partial charge in [0, 0.05) is 29.9 Å². The molecular weight excluding hydrogens is 473 g/mol. The fraction of sp³-hybridized carbons (Fsp3) is 0.308. The highest BCUT2D eigenvalue weighted by Crippen LogP contribution is 2.26. The van der Waals surface area contributed by atoms with Gasteiger partial charge in [0.05, 0.1) is 12.2 Å². The van der Waals surface area contributed by atoms with Gasteiger partial charge in [-0.05, 0) is 55.7 Å². The molecule has 1 heterocycles. The zero-order chi connectivity index (χ0) is 26.3. The molecule has 4 N–H and O–H groups in total. The third kappa shape index (κ3) is 7.34. The number of amides is 2. The number of piperidine rings is 1. The van der Waals surface area contributed by atoms with E-state index in [1.807, 2.05) is 25.1 Å². The average Bonchev–Trinajstić information content (AvgIpc) is 2.84. The predicted octanol–water partition coefficient (Wildman–Crippen LogP) is 3.60. The van der Waals surface area contributed by atoms with E-state index in [-0.39, 0.29) is 37.2 Å². The molecule has 1 fully saturated rings. The first-order valence-electron chi connectivity index (χ1n) is 11.2. The van der Waals surface area contributed by atoms with Crippen molar-refractivity contribution in [1.29, 1.82) is 0 Å². The van der Waals surface area contributed by atoms with Crippen LogP contribution < -0.4 is 16.1 Å². The smallest absolute Gasteiger partial charge is 0.351 e. The van der Waals surface area contributed by atoms with Gasteiger partial charge in [-0.2, -0.15) is 13.2 Å². The van der Waals surface area contributed by atoms with Crippen LogP contribution in [-0.2, 0) is 4.79 Å². The van der Waals surface area contributed by atoms with Gasteiger partial charge in [0.2, 0.25) is 0 Å². The minimum Gasteiger partial charge on any atom is -0.351 e. The largest absolute Gasteiger partial charge is 0.401 e. The van der Waals surface area contributed by atoms with Crippen LogP contribution in [0.15, 0.2) is 60.8 Å². The molecular formula is C26H27F3N4O3. The number of anilines is 1. The van der Waals surface area contributed by atoms with Crippen molar-refractivity contribution in [1.82, 2.24) is 15.7 Å². The molecule has 10 heteroatoms. The normalized spacial score (nSPS) is 15.2. The fourth-order valence-corrected chi connectivity index (χ4v) is 3.81. The van der Waals surface area contributed by atoms with Crippen molar-refractivity contribution in [3.8, 4) is 11.8 Å². The van der Waals surface area contributed by atoms with E-state index in [1.165, 1.54) is 17.0 Å². The van der Waals surface area contributed by atoms with E-state index in [1.54, 1.807) is 23.7 Å². The molecule has 0 radical (unpaired) electrons. The Bertz CT molecular complexity index is 1180.